The van der Waals surface area contributed by atoms with Gasteiger partial charge in [-0.05, 0) is 38.1 Å². The number of benzene rings is 1. The van der Waals surface area contributed by atoms with Crippen LogP contribution in [0.2, 0.25) is 0 Å². The molecular formula is C21H18FN5. The molecule has 0 spiro atoms. The first-order valence-electron chi connectivity index (χ1n) is 8.60. The first kappa shape index (κ1) is 17.2. The molecule has 4 aromatic rings. The maximum absolute atomic E-state index is 15.2. The van der Waals surface area contributed by atoms with Gasteiger partial charge in [0, 0.05) is 46.0 Å². The van der Waals surface area contributed by atoms with Crippen molar-refractivity contribution in [1.29, 1.82) is 0 Å². The largest absolute Gasteiger partial charge is 0.325 e. The Morgan fingerprint density at radius 2 is 1.67 bits per heavy atom. The van der Waals surface area contributed by atoms with Crippen molar-refractivity contribution in [3.8, 4) is 22.5 Å². The minimum atomic E-state index is -0.349. The van der Waals surface area contributed by atoms with Crippen molar-refractivity contribution in [3.05, 3.63) is 71.8 Å². The van der Waals surface area contributed by atoms with E-state index in [0.717, 1.165) is 22.3 Å². The van der Waals surface area contributed by atoms with Crippen LogP contribution in [0, 0.1) is 19.7 Å². The lowest BCUT2D eigenvalue weighted by Crippen LogP contribution is -2.00. The van der Waals surface area contributed by atoms with Crippen molar-refractivity contribution in [2.24, 2.45) is 5.73 Å². The smallest absolute Gasteiger partial charge is 0.140 e. The second-order valence-corrected chi connectivity index (χ2v) is 6.46. The number of nitrogens with zero attached hydrogens (tertiary/aromatic N) is 4. The molecule has 0 aliphatic carbocycles. The average molecular weight is 359 g/mol. The van der Waals surface area contributed by atoms with Crippen LogP contribution in [0.4, 0.5) is 4.39 Å². The lowest BCUT2D eigenvalue weighted by Gasteiger charge is -2.09. The highest BCUT2D eigenvalue weighted by Gasteiger charge is 2.13. The Hall–Kier alpha value is -3.25. The van der Waals surface area contributed by atoms with Crippen molar-refractivity contribution < 1.29 is 4.39 Å². The highest BCUT2D eigenvalue weighted by molar-refractivity contribution is 5.87. The van der Waals surface area contributed by atoms with Gasteiger partial charge in [0.1, 0.15) is 5.82 Å². The molecule has 0 aliphatic rings. The maximum atomic E-state index is 15.2. The third-order valence-corrected chi connectivity index (χ3v) is 4.39. The Morgan fingerprint density at radius 1 is 0.926 bits per heavy atom. The van der Waals surface area contributed by atoms with Gasteiger partial charge < -0.3 is 5.73 Å². The summed E-state index contributed by atoms with van der Waals surface area (Å²) in [6.45, 7) is 4.12. The first-order valence-corrected chi connectivity index (χ1v) is 8.60. The topological polar surface area (TPSA) is 77.6 Å². The zero-order valence-electron chi connectivity index (χ0n) is 15.1. The van der Waals surface area contributed by atoms with Gasteiger partial charge in [-0.25, -0.2) is 9.37 Å². The minimum Gasteiger partial charge on any atom is -0.325 e. The van der Waals surface area contributed by atoms with Gasteiger partial charge in [-0.1, -0.05) is 6.07 Å². The van der Waals surface area contributed by atoms with Gasteiger partial charge >= 0.3 is 0 Å². The van der Waals surface area contributed by atoms with Gasteiger partial charge in [0.15, 0.2) is 0 Å². The molecule has 3 heterocycles. The summed E-state index contributed by atoms with van der Waals surface area (Å²) in [6, 6.07) is 9.10. The van der Waals surface area contributed by atoms with Crippen LogP contribution in [0.25, 0.3) is 33.3 Å². The number of hydrogen-bond donors (Lipinski definition) is 1. The summed E-state index contributed by atoms with van der Waals surface area (Å²) < 4.78 is 15.2. The fraction of sp³-hybridized carbons (Fsp3) is 0.143. The maximum Gasteiger partial charge on any atom is 0.140 e. The summed E-state index contributed by atoms with van der Waals surface area (Å²) in [5, 5.41) is 1.20. The van der Waals surface area contributed by atoms with E-state index in [1.807, 2.05) is 32.0 Å². The monoisotopic (exact) mass is 359 g/mol. The van der Waals surface area contributed by atoms with E-state index in [9.17, 15) is 0 Å². The number of halogens is 1. The number of hydrogen-bond acceptors (Lipinski definition) is 5. The van der Waals surface area contributed by atoms with Gasteiger partial charge in [0.2, 0.25) is 0 Å². The summed E-state index contributed by atoms with van der Waals surface area (Å²) >= 11 is 0. The Bertz CT molecular complexity index is 1140. The zero-order valence-corrected chi connectivity index (χ0v) is 15.1. The second-order valence-electron chi connectivity index (χ2n) is 6.46. The Kier molecular flexibility index (Phi) is 4.33. The SMILES string of the molecule is Cc1cc(-c2cncc(-c3ccc4cnc(CN)cc4c3F)n2)cc(C)n1. The van der Waals surface area contributed by atoms with E-state index in [2.05, 4.69) is 19.9 Å². The molecule has 27 heavy (non-hydrogen) atoms. The summed E-state index contributed by atoms with van der Waals surface area (Å²) in [5.74, 6) is -0.349. The van der Waals surface area contributed by atoms with E-state index in [1.165, 1.54) is 0 Å². The number of rotatable bonds is 3. The first-order chi connectivity index (χ1) is 13.0. The lowest BCUT2D eigenvalue weighted by molar-refractivity contribution is 0.642. The molecule has 0 aliphatic heterocycles. The molecule has 0 saturated carbocycles. The van der Waals surface area contributed by atoms with Crippen molar-refractivity contribution in [3.63, 3.8) is 0 Å². The van der Waals surface area contributed by atoms with E-state index in [-0.39, 0.29) is 12.4 Å². The van der Waals surface area contributed by atoms with E-state index in [4.69, 9.17) is 5.73 Å². The summed E-state index contributed by atoms with van der Waals surface area (Å²) in [6.07, 6.45) is 4.88. The van der Waals surface area contributed by atoms with Gasteiger partial charge in [0.25, 0.3) is 0 Å². The van der Waals surface area contributed by atoms with Crippen molar-refractivity contribution >= 4 is 10.8 Å². The quantitative estimate of drug-likeness (QED) is 0.599. The van der Waals surface area contributed by atoms with Crippen LogP contribution >= 0.6 is 0 Å². The molecule has 0 unspecified atom stereocenters. The molecule has 0 bridgehead atoms. The third-order valence-electron chi connectivity index (χ3n) is 4.39. The fourth-order valence-corrected chi connectivity index (χ4v) is 3.15. The van der Waals surface area contributed by atoms with E-state index in [0.29, 0.717) is 28.0 Å². The summed E-state index contributed by atoms with van der Waals surface area (Å²) in [5.41, 5.74) is 10.5. The van der Waals surface area contributed by atoms with E-state index in [1.54, 1.807) is 30.7 Å². The van der Waals surface area contributed by atoms with Crippen LogP contribution in [0.1, 0.15) is 17.1 Å². The molecule has 1 aromatic carbocycles. The Labute approximate surface area is 156 Å². The molecule has 4 rings (SSSR count). The zero-order chi connectivity index (χ0) is 19.0. The molecule has 0 atom stereocenters. The number of aryl methyl sites for hydroxylation is 2. The predicted octanol–water partition coefficient (Wildman–Crippen LogP) is 3.97. The van der Waals surface area contributed by atoms with Gasteiger partial charge in [-0.15, -0.1) is 0 Å². The summed E-state index contributed by atoms with van der Waals surface area (Å²) in [4.78, 5) is 17.5. The van der Waals surface area contributed by atoms with Crippen molar-refractivity contribution in [1.82, 2.24) is 19.9 Å². The van der Waals surface area contributed by atoms with Crippen molar-refractivity contribution in [2.75, 3.05) is 0 Å². The second kappa shape index (κ2) is 6.81. The van der Waals surface area contributed by atoms with Crippen LogP contribution in [0.15, 0.2) is 48.9 Å². The van der Waals surface area contributed by atoms with Crippen LogP contribution in [-0.2, 0) is 6.54 Å². The normalized spacial score (nSPS) is 11.1. The van der Waals surface area contributed by atoms with Crippen LogP contribution in [0.3, 0.4) is 0 Å². The highest BCUT2D eigenvalue weighted by Crippen LogP contribution is 2.29. The number of pyridine rings is 2. The van der Waals surface area contributed by atoms with Gasteiger partial charge in [-0.3, -0.25) is 15.0 Å². The molecule has 0 amide bonds. The number of nitrogens with two attached hydrogens (primary N) is 1. The Morgan fingerprint density at radius 3 is 2.41 bits per heavy atom. The van der Waals surface area contributed by atoms with E-state index < -0.39 is 0 Å². The number of aromatic nitrogens is 4. The molecule has 0 fully saturated rings. The summed E-state index contributed by atoms with van der Waals surface area (Å²) in [7, 11) is 0. The molecule has 134 valence electrons. The number of fused-ring (bicyclic) bond motifs is 1. The molecule has 5 nitrogen and oxygen atoms in total. The molecule has 2 N–H and O–H groups in total. The fourth-order valence-electron chi connectivity index (χ4n) is 3.15. The van der Waals surface area contributed by atoms with Crippen molar-refractivity contribution in [2.45, 2.75) is 20.4 Å². The van der Waals surface area contributed by atoms with Crippen LogP contribution in [0.5, 0.6) is 0 Å². The molecule has 0 radical (unpaired) electrons. The molecular weight excluding hydrogens is 341 g/mol. The predicted molar refractivity (Wildman–Crippen MR) is 103 cm³/mol. The molecule has 0 saturated heterocycles. The molecule has 6 heteroatoms. The minimum absolute atomic E-state index is 0.260. The highest BCUT2D eigenvalue weighted by atomic mass is 19.1. The lowest BCUT2D eigenvalue weighted by atomic mass is 10.0. The van der Waals surface area contributed by atoms with Crippen LogP contribution in [-0.4, -0.2) is 19.9 Å². The van der Waals surface area contributed by atoms with E-state index >= 15 is 4.39 Å². The van der Waals surface area contributed by atoms with Gasteiger partial charge in [0.05, 0.1) is 29.5 Å². The average Bonchev–Trinajstić information content (AvgIpc) is 2.67. The van der Waals surface area contributed by atoms with Gasteiger partial charge in [-0.2, -0.15) is 0 Å². The standard InChI is InChI=1S/C21H18FN5/c1-12-5-15(6-13(2)26-12)19-10-24-11-20(27-19)17-4-3-14-9-25-16(8-23)7-18(14)21(17)22/h3-7,9-11H,8,23H2,1-2H3. The Balaban J connectivity index is 1.85. The molecule has 3 aromatic heterocycles. The third kappa shape index (κ3) is 3.27. The van der Waals surface area contributed by atoms with Crippen LogP contribution < -0.4 is 5.73 Å².